The predicted octanol–water partition coefficient (Wildman–Crippen LogP) is 2.41. The third kappa shape index (κ3) is 3.82. The lowest BCUT2D eigenvalue weighted by Crippen LogP contribution is -2.44. The van der Waals surface area contributed by atoms with E-state index in [1.165, 1.54) is 19.3 Å². The highest BCUT2D eigenvalue weighted by atomic mass is 16.4. The zero-order valence-electron chi connectivity index (χ0n) is 9.88. The molecule has 15 heavy (non-hydrogen) atoms. The van der Waals surface area contributed by atoms with Gasteiger partial charge in [-0.3, -0.25) is 4.79 Å². The molecule has 3 heteroatoms. The van der Waals surface area contributed by atoms with Crippen LogP contribution in [0.3, 0.4) is 0 Å². The van der Waals surface area contributed by atoms with Crippen molar-refractivity contribution in [2.45, 2.75) is 58.4 Å². The van der Waals surface area contributed by atoms with E-state index in [-0.39, 0.29) is 5.41 Å². The molecule has 2 N–H and O–H groups in total. The lowest BCUT2D eigenvalue weighted by molar-refractivity contribution is -0.141. The highest BCUT2D eigenvalue weighted by Crippen LogP contribution is 2.43. The van der Waals surface area contributed by atoms with Gasteiger partial charge in [0.2, 0.25) is 0 Å². The SMILES string of the molecule is CCCC(C)NCC1(CC(=O)O)CCC1. The number of carboxylic acids is 1. The van der Waals surface area contributed by atoms with Crippen molar-refractivity contribution in [1.82, 2.24) is 5.32 Å². The van der Waals surface area contributed by atoms with Crippen molar-refractivity contribution in [3.63, 3.8) is 0 Å². The fourth-order valence-corrected chi connectivity index (χ4v) is 2.34. The Labute approximate surface area is 92.3 Å². The van der Waals surface area contributed by atoms with E-state index in [0.29, 0.717) is 12.5 Å². The second-order valence-corrected chi connectivity index (χ2v) is 4.99. The van der Waals surface area contributed by atoms with Crippen LogP contribution in [0.15, 0.2) is 0 Å². The molecule has 0 saturated heterocycles. The minimum absolute atomic E-state index is 0.0633. The molecule has 1 aliphatic rings. The monoisotopic (exact) mass is 213 g/mol. The first-order valence-corrected chi connectivity index (χ1v) is 6.03. The Morgan fingerprint density at radius 1 is 1.53 bits per heavy atom. The highest BCUT2D eigenvalue weighted by molar-refractivity contribution is 5.68. The van der Waals surface area contributed by atoms with Crippen molar-refractivity contribution in [3.8, 4) is 0 Å². The van der Waals surface area contributed by atoms with Crippen LogP contribution in [0, 0.1) is 5.41 Å². The average Bonchev–Trinajstić information content (AvgIpc) is 2.09. The van der Waals surface area contributed by atoms with Gasteiger partial charge < -0.3 is 10.4 Å². The summed E-state index contributed by atoms with van der Waals surface area (Å²) in [6.07, 6.45) is 6.02. The molecule has 1 aliphatic carbocycles. The molecule has 0 bridgehead atoms. The van der Waals surface area contributed by atoms with Crippen LogP contribution >= 0.6 is 0 Å². The van der Waals surface area contributed by atoms with Crippen LogP contribution in [0.4, 0.5) is 0 Å². The molecule has 0 aliphatic heterocycles. The Bertz CT molecular complexity index is 212. The minimum atomic E-state index is -0.653. The van der Waals surface area contributed by atoms with Gasteiger partial charge in [-0.1, -0.05) is 19.8 Å². The van der Waals surface area contributed by atoms with Crippen molar-refractivity contribution in [2.75, 3.05) is 6.54 Å². The quantitative estimate of drug-likeness (QED) is 0.682. The van der Waals surface area contributed by atoms with E-state index in [0.717, 1.165) is 19.4 Å². The first kappa shape index (κ1) is 12.5. The summed E-state index contributed by atoms with van der Waals surface area (Å²) in [5.41, 5.74) is 0.0633. The van der Waals surface area contributed by atoms with E-state index in [4.69, 9.17) is 5.11 Å². The third-order valence-corrected chi connectivity index (χ3v) is 3.49. The predicted molar refractivity (Wildman–Crippen MR) is 60.9 cm³/mol. The number of rotatable bonds is 7. The van der Waals surface area contributed by atoms with Crippen LogP contribution in [0.1, 0.15) is 52.4 Å². The zero-order valence-corrected chi connectivity index (χ0v) is 9.88. The maximum atomic E-state index is 10.8. The first-order valence-electron chi connectivity index (χ1n) is 6.03. The number of hydrogen-bond acceptors (Lipinski definition) is 2. The van der Waals surface area contributed by atoms with Gasteiger partial charge in [0.05, 0.1) is 6.42 Å². The number of carbonyl (C=O) groups is 1. The maximum Gasteiger partial charge on any atom is 0.303 e. The van der Waals surface area contributed by atoms with Gasteiger partial charge in [0.15, 0.2) is 0 Å². The molecule has 88 valence electrons. The van der Waals surface area contributed by atoms with Crippen molar-refractivity contribution < 1.29 is 9.90 Å². The van der Waals surface area contributed by atoms with Crippen LogP contribution < -0.4 is 5.32 Å². The van der Waals surface area contributed by atoms with Crippen LogP contribution in [0.25, 0.3) is 0 Å². The van der Waals surface area contributed by atoms with Gasteiger partial charge in [0.1, 0.15) is 0 Å². The maximum absolute atomic E-state index is 10.8. The molecule has 0 aromatic carbocycles. The summed E-state index contributed by atoms with van der Waals surface area (Å²) in [6.45, 7) is 5.23. The smallest absolute Gasteiger partial charge is 0.303 e. The number of nitrogens with one attached hydrogen (secondary N) is 1. The fraction of sp³-hybridized carbons (Fsp3) is 0.917. The molecule has 0 aromatic heterocycles. The molecule has 0 aromatic rings. The Balaban J connectivity index is 2.30. The van der Waals surface area contributed by atoms with Gasteiger partial charge in [-0.25, -0.2) is 0 Å². The minimum Gasteiger partial charge on any atom is -0.481 e. The van der Waals surface area contributed by atoms with E-state index in [1.54, 1.807) is 0 Å². The summed E-state index contributed by atoms with van der Waals surface area (Å²) < 4.78 is 0. The fourth-order valence-electron chi connectivity index (χ4n) is 2.34. The molecular formula is C12H23NO2. The third-order valence-electron chi connectivity index (χ3n) is 3.49. The molecule has 0 radical (unpaired) electrons. The van der Waals surface area contributed by atoms with E-state index in [9.17, 15) is 4.79 Å². The summed E-state index contributed by atoms with van der Waals surface area (Å²) in [4.78, 5) is 10.8. The van der Waals surface area contributed by atoms with Crippen molar-refractivity contribution in [2.24, 2.45) is 5.41 Å². The Morgan fingerprint density at radius 2 is 2.20 bits per heavy atom. The molecule has 1 fully saturated rings. The summed E-state index contributed by atoms with van der Waals surface area (Å²) in [5, 5.41) is 12.3. The lowest BCUT2D eigenvalue weighted by atomic mass is 9.66. The number of hydrogen-bond donors (Lipinski definition) is 2. The van der Waals surface area contributed by atoms with E-state index < -0.39 is 5.97 Å². The van der Waals surface area contributed by atoms with Gasteiger partial charge in [0, 0.05) is 12.6 Å². The van der Waals surface area contributed by atoms with Crippen LogP contribution in [0.5, 0.6) is 0 Å². The van der Waals surface area contributed by atoms with Gasteiger partial charge in [0.25, 0.3) is 0 Å². The molecule has 0 spiro atoms. The Hall–Kier alpha value is -0.570. The van der Waals surface area contributed by atoms with Crippen molar-refractivity contribution in [3.05, 3.63) is 0 Å². The number of aliphatic carboxylic acids is 1. The second-order valence-electron chi connectivity index (χ2n) is 4.99. The van der Waals surface area contributed by atoms with E-state index in [2.05, 4.69) is 19.2 Å². The summed E-state index contributed by atoms with van der Waals surface area (Å²) in [5.74, 6) is -0.653. The van der Waals surface area contributed by atoms with Gasteiger partial charge in [-0.05, 0) is 31.6 Å². The standard InChI is InChI=1S/C12H23NO2/c1-3-5-10(2)13-9-12(6-4-7-12)8-11(14)15/h10,13H,3-9H2,1-2H3,(H,14,15). The topological polar surface area (TPSA) is 49.3 Å². The lowest BCUT2D eigenvalue weighted by Gasteiger charge is -2.41. The molecule has 0 heterocycles. The highest BCUT2D eigenvalue weighted by Gasteiger charge is 2.38. The molecule has 3 nitrogen and oxygen atoms in total. The zero-order chi connectivity index (χ0) is 11.3. The summed E-state index contributed by atoms with van der Waals surface area (Å²) in [7, 11) is 0. The largest absolute Gasteiger partial charge is 0.481 e. The molecule has 1 unspecified atom stereocenters. The average molecular weight is 213 g/mol. The summed E-state index contributed by atoms with van der Waals surface area (Å²) >= 11 is 0. The Kier molecular flexibility index (Phi) is 4.58. The van der Waals surface area contributed by atoms with E-state index >= 15 is 0 Å². The first-order chi connectivity index (χ1) is 7.08. The normalized spacial score (nSPS) is 20.7. The van der Waals surface area contributed by atoms with Crippen molar-refractivity contribution in [1.29, 1.82) is 0 Å². The molecule has 0 amide bonds. The van der Waals surface area contributed by atoms with Crippen LogP contribution in [0.2, 0.25) is 0 Å². The molecule has 1 atom stereocenters. The van der Waals surface area contributed by atoms with E-state index in [1.807, 2.05) is 0 Å². The second kappa shape index (κ2) is 5.50. The van der Waals surface area contributed by atoms with Gasteiger partial charge in [-0.15, -0.1) is 0 Å². The Morgan fingerprint density at radius 3 is 2.60 bits per heavy atom. The van der Waals surface area contributed by atoms with Crippen LogP contribution in [-0.2, 0) is 4.79 Å². The number of carboxylic acid groups (broad SMARTS) is 1. The molecule has 1 saturated carbocycles. The summed E-state index contributed by atoms with van der Waals surface area (Å²) in [6, 6.07) is 0.515. The van der Waals surface area contributed by atoms with Crippen LogP contribution in [-0.4, -0.2) is 23.7 Å². The van der Waals surface area contributed by atoms with Gasteiger partial charge in [-0.2, -0.15) is 0 Å². The molecular weight excluding hydrogens is 190 g/mol. The van der Waals surface area contributed by atoms with Gasteiger partial charge >= 0.3 is 5.97 Å². The molecule has 1 rings (SSSR count). The van der Waals surface area contributed by atoms with Crippen molar-refractivity contribution >= 4 is 5.97 Å².